The van der Waals surface area contributed by atoms with Gasteiger partial charge in [-0.05, 0) is 54.6 Å². The maximum atomic E-state index is 13.8. The summed E-state index contributed by atoms with van der Waals surface area (Å²) in [6, 6.07) is 35.3. The van der Waals surface area contributed by atoms with Gasteiger partial charge in [-0.1, -0.05) is 60.7 Å². The van der Waals surface area contributed by atoms with Gasteiger partial charge < -0.3 is 0 Å². The predicted molar refractivity (Wildman–Crippen MR) is 157 cm³/mol. The van der Waals surface area contributed by atoms with E-state index in [0.717, 1.165) is 0 Å². The van der Waals surface area contributed by atoms with Crippen LogP contribution < -0.4 is 11.1 Å². The number of benzene rings is 4. The number of pyridine rings is 1. The standard InChI is InChI=1S/C33H21N5O2/c39-32-26-15-7-9-17-28(26)35-30(37(32)24-11-3-1-4-12-24)22-19-23(21-34-20-22)31-36-29-18-10-8-16-27(29)33(40)38(31)25-13-5-2-6-14-25/h1-21H. The summed E-state index contributed by atoms with van der Waals surface area (Å²) in [6.07, 6.45) is 3.34. The van der Waals surface area contributed by atoms with Crippen LogP contribution in [0.15, 0.2) is 137 Å². The van der Waals surface area contributed by atoms with E-state index in [1.165, 1.54) is 0 Å². The number of hydrogen-bond acceptors (Lipinski definition) is 5. The molecule has 3 heterocycles. The van der Waals surface area contributed by atoms with Crippen LogP contribution in [-0.2, 0) is 0 Å². The molecule has 0 unspecified atom stereocenters. The monoisotopic (exact) mass is 519 g/mol. The molecule has 7 aromatic rings. The van der Waals surface area contributed by atoms with Crippen LogP contribution in [0.2, 0.25) is 0 Å². The summed E-state index contributed by atoms with van der Waals surface area (Å²) in [5.41, 5.74) is 3.43. The fourth-order valence-corrected chi connectivity index (χ4v) is 4.97. The van der Waals surface area contributed by atoms with E-state index in [4.69, 9.17) is 9.97 Å². The molecule has 190 valence electrons. The normalized spacial score (nSPS) is 11.2. The SMILES string of the molecule is O=c1c2ccccc2nc(-c2cncc(-c3nc4ccccc4c(=O)n3-c3ccccc3)c2)n1-c1ccccc1. The van der Waals surface area contributed by atoms with Gasteiger partial charge in [0.15, 0.2) is 0 Å². The van der Waals surface area contributed by atoms with Crippen molar-refractivity contribution in [3.8, 4) is 34.2 Å². The minimum atomic E-state index is -0.178. The lowest BCUT2D eigenvalue weighted by molar-refractivity contribution is 0.966. The number of rotatable bonds is 4. The van der Waals surface area contributed by atoms with Gasteiger partial charge in [-0.25, -0.2) is 9.97 Å². The van der Waals surface area contributed by atoms with Crippen LogP contribution in [0.5, 0.6) is 0 Å². The van der Waals surface area contributed by atoms with Crippen molar-refractivity contribution >= 4 is 21.8 Å². The topological polar surface area (TPSA) is 82.7 Å². The molecular formula is C33H21N5O2. The van der Waals surface area contributed by atoms with Crippen molar-refractivity contribution in [2.45, 2.75) is 0 Å². The van der Waals surface area contributed by atoms with Crippen molar-refractivity contribution in [2.75, 3.05) is 0 Å². The van der Waals surface area contributed by atoms with Crippen LogP contribution in [0, 0.1) is 0 Å². The quantitative estimate of drug-likeness (QED) is 0.293. The third-order valence-electron chi connectivity index (χ3n) is 6.83. The lowest BCUT2D eigenvalue weighted by Crippen LogP contribution is -2.22. The molecule has 7 heteroatoms. The Kier molecular flexibility index (Phi) is 5.60. The Morgan fingerprint density at radius 1 is 0.475 bits per heavy atom. The number of hydrogen-bond donors (Lipinski definition) is 0. The zero-order valence-corrected chi connectivity index (χ0v) is 21.2. The van der Waals surface area contributed by atoms with E-state index in [-0.39, 0.29) is 11.1 Å². The van der Waals surface area contributed by atoms with E-state index < -0.39 is 0 Å². The second kappa shape index (κ2) is 9.56. The smallest absolute Gasteiger partial charge is 0.266 e. The van der Waals surface area contributed by atoms with Crippen LogP contribution >= 0.6 is 0 Å². The van der Waals surface area contributed by atoms with Gasteiger partial charge in [0.1, 0.15) is 11.6 Å². The second-order valence-corrected chi connectivity index (χ2v) is 9.32. The fraction of sp³-hybridized carbons (Fsp3) is 0. The van der Waals surface area contributed by atoms with Crippen LogP contribution in [0.25, 0.3) is 56.0 Å². The van der Waals surface area contributed by atoms with Crippen molar-refractivity contribution in [2.24, 2.45) is 0 Å². The van der Waals surface area contributed by atoms with E-state index in [1.807, 2.05) is 103 Å². The minimum Gasteiger partial charge on any atom is -0.268 e. The van der Waals surface area contributed by atoms with E-state index in [0.29, 0.717) is 56.0 Å². The van der Waals surface area contributed by atoms with E-state index >= 15 is 0 Å². The molecule has 0 spiro atoms. The van der Waals surface area contributed by atoms with Crippen molar-refractivity contribution in [3.05, 3.63) is 148 Å². The summed E-state index contributed by atoms with van der Waals surface area (Å²) in [7, 11) is 0. The highest BCUT2D eigenvalue weighted by atomic mass is 16.1. The Hall–Kier alpha value is -5.69. The van der Waals surface area contributed by atoms with Gasteiger partial charge in [-0.3, -0.25) is 23.7 Å². The summed E-state index contributed by atoms with van der Waals surface area (Å²) >= 11 is 0. The molecule has 0 saturated heterocycles. The van der Waals surface area contributed by atoms with Gasteiger partial charge in [-0.15, -0.1) is 0 Å². The first-order chi connectivity index (χ1) is 19.7. The van der Waals surface area contributed by atoms with E-state index in [1.54, 1.807) is 33.7 Å². The molecular weight excluding hydrogens is 498 g/mol. The highest BCUT2D eigenvalue weighted by Gasteiger charge is 2.18. The Morgan fingerprint density at radius 2 is 0.875 bits per heavy atom. The molecule has 0 aliphatic carbocycles. The Morgan fingerprint density at radius 3 is 1.32 bits per heavy atom. The first-order valence-electron chi connectivity index (χ1n) is 12.8. The first-order valence-corrected chi connectivity index (χ1v) is 12.8. The van der Waals surface area contributed by atoms with Gasteiger partial charge in [0.2, 0.25) is 0 Å². The van der Waals surface area contributed by atoms with E-state index in [2.05, 4.69) is 4.98 Å². The van der Waals surface area contributed by atoms with Crippen LogP contribution in [0.1, 0.15) is 0 Å². The summed E-state index contributed by atoms with van der Waals surface area (Å²) in [5, 5.41) is 1.04. The molecule has 40 heavy (non-hydrogen) atoms. The molecule has 7 rings (SSSR count). The maximum Gasteiger partial charge on any atom is 0.266 e. The van der Waals surface area contributed by atoms with E-state index in [9.17, 15) is 9.59 Å². The average Bonchev–Trinajstić information content (AvgIpc) is 3.02. The highest BCUT2D eigenvalue weighted by molar-refractivity contribution is 5.82. The van der Waals surface area contributed by atoms with Crippen molar-refractivity contribution in [1.82, 2.24) is 24.1 Å². The molecule has 4 aromatic carbocycles. The molecule has 0 saturated carbocycles. The van der Waals surface area contributed by atoms with Gasteiger partial charge in [-0.2, -0.15) is 0 Å². The minimum absolute atomic E-state index is 0.178. The first kappa shape index (κ1) is 23.4. The van der Waals surface area contributed by atoms with Crippen LogP contribution in [0.4, 0.5) is 0 Å². The summed E-state index contributed by atoms with van der Waals surface area (Å²) in [6.45, 7) is 0. The van der Waals surface area contributed by atoms with Gasteiger partial charge in [0, 0.05) is 23.5 Å². The Balaban J connectivity index is 1.52. The Labute approximate surface area is 228 Å². The third-order valence-corrected chi connectivity index (χ3v) is 6.83. The largest absolute Gasteiger partial charge is 0.268 e. The lowest BCUT2D eigenvalue weighted by atomic mass is 10.1. The molecule has 7 nitrogen and oxygen atoms in total. The van der Waals surface area contributed by atoms with Crippen molar-refractivity contribution in [1.29, 1.82) is 0 Å². The summed E-state index contributed by atoms with van der Waals surface area (Å²) < 4.78 is 3.20. The molecule has 0 aliphatic rings. The zero-order chi connectivity index (χ0) is 27.1. The van der Waals surface area contributed by atoms with Crippen molar-refractivity contribution in [3.63, 3.8) is 0 Å². The number of aromatic nitrogens is 5. The molecule has 0 radical (unpaired) electrons. The molecule has 0 aliphatic heterocycles. The van der Waals surface area contributed by atoms with Gasteiger partial charge in [0.25, 0.3) is 11.1 Å². The molecule has 0 fully saturated rings. The van der Waals surface area contributed by atoms with Gasteiger partial charge >= 0.3 is 0 Å². The number of fused-ring (bicyclic) bond motifs is 2. The lowest BCUT2D eigenvalue weighted by Gasteiger charge is -2.16. The molecule has 3 aromatic heterocycles. The maximum absolute atomic E-state index is 13.8. The molecule has 0 atom stereocenters. The van der Waals surface area contributed by atoms with Gasteiger partial charge in [0.05, 0.1) is 33.2 Å². The number of para-hydroxylation sites is 4. The number of nitrogens with zero attached hydrogens (tertiary/aromatic N) is 5. The van der Waals surface area contributed by atoms with Crippen LogP contribution in [-0.4, -0.2) is 24.1 Å². The molecule has 0 bridgehead atoms. The highest BCUT2D eigenvalue weighted by Crippen LogP contribution is 2.27. The summed E-state index contributed by atoms with van der Waals surface area (Å²) in [5.74, 6) is 0.886. The molecule has 0 amide bonds. The third kappa shape index (κ3) is 3.88. The second-order valence-electron chi connectivity index (χ2n) is 9.32. The molecule has 0 N–H and O–H groups in total. The summed E-state index contributed by atoms with van der Waals surface area (Å²) in [4.78, 5) is 41.8. The van der Waals surface area contributed by atoms with Crippen molar-refractivity contribution < 1.29 is 0 Å². The predicted octanol–water partition coefficient (Wildman–Crippen LogP) is 5.81. The fourth-order valence-electron chi connectivity index (χ4n) is 4.97. The van der Waals surface area contributed by atoms with Crippen LogP contribution in [0.3, 0.4) is 0 Å². The Bertz CT molecular complexity index is 2000. The average molecular weight is 520 g/mol. The zero-order valence-electron chi connectivity index (χ0n) is 21.2.